The Morgan fingerprint density at radius 2 is 2.15 bits per heavy atom. The minimum atomic E-state index is 0.268. The second-order valence-electron chi connectivity index (χ2n) is 3.59. The number of rotatable bonds is 4. The monoisotopic (exact) mass is 182 g/mol. The van der Waals surface area contributed by atoms with Crippen LogP contribution in [0.15, 0.2) is 12.4 Å². The van der Waals surface area contributed by atoms with Crippen molar-refractivity contribution in [2.45, 2.75) is 46.3 Å². The van der Waals surface area contributed by atoms with Crippen LogP contribution in [0.25, 0.3) is 0 Å². The summed E-state index contributed by atoms with van der Waals surface area (Å²) in [7, 11) is 0. The van der Waals surface area contributed by atoms with E-state index in [1.54, 1.807) is 6.20 Å². The Labute approximate surface area is 79.7 Å². The molecule has 0 amide bonds. The van der Waals surface area contributed by atoms with Crippen LogP contribution in [0.1, 0.15) is 40.2 Å². The van der Waals surface area contributed by atoms with E-state index in [1.807, 2.05) is 10.9 Å². The summed E-state index contributed by atoms with van der Waals surface area (Å²) in [4.78, 5) is 0. The molecule has 3 heteroatoms. The van der Waals surface area contributed by atoms with Crippen molar-refractivity contribution in [1.82, 2.24) is 9.78 Å². The van der Waals surface area contributed by atoms with Gasteiger partial charge in [-0.05, 0) is 27.2 Å². The molecular formula is C10H18N2O. The van der Waals surface area contributed by atoms with E-state index in [1.165, 1.54) is 0 Å². The summed E-state index contributed by atoms with van der Waals surface area (Å²) < 4.78 is 7.51. The lowest BCUT2D eigenvalue weighted by molar-refractivity contribution is 0.217. The van der Waals surface area contributed by atoms with Gasteiger partial charge in [-0.1, -0.05) is 6.92 Å². The lowest BCUT2D eigenvalue weighted by Crippen LogP contribution is -2.09. The third-order valence-electron chi connectivity index (χ3n) is 2.02. The predicted octanol–water partition coefficient (Wildman–Crippen LogP) is 2.64. The average molecular weight is 182 g/mol. The van der Waals surface area contributed by atoms with Crippen LogP contribution in [-0.2, 0) is 0 Å². The zero-order chi connectivity index (χ0) is 9.84. The first-order valence-electron chi connectivity index (χ1n) is 4.84. The zero-order valence-electron chi connectivity index (χ0n) is 8.82. The molecule has 0 aliphatic heterocycles. The van der Waals surface area contributed by atoms with Gasteiger partial charge in [-0.3, -0.25) is 4.68 Å². The highest BCUT2D eigenvalue weighted by Crippen LogP contribution is 2.14. The van der Waals surface area contributed by atoms with E-state index in [0.29, 0.717) is 6.04 Å². The highest BCUT2D eigenvalue weighted by atomic mass is 16.5. The molecule has 0 bridgehead atoms. The molecule has 0 aromatic carbocycles. The van der Waals surface area contributed by atoms with Gasteiger partial charge in [0, 0.05) is 6.04 Å². The molecule has 0 saturated heterocycles. The first kappa shape index (κ1) is 10.1. The molecule has 0 saturated carbocycles. The van der Waals surface area contributed by atoms with Crippen molar-refractivity contribution in [2.75, 3.05) is 0 Å². The first-order chi connectivity index (χ1) is 6.13. The second-order valence-corrected chi connectivity index (χ2v) is 3.59. The van der Waals surface area contributed by atoms with Crippen molar-refractivity contribution in [2.24, 2.45) is 0 Å². The maximum Gasteiger partial charge on any atom is 0.157 e. The van der Waals surface area contributed by atoms with Gasteiger partial charge in [0.1, 0.15) is 0 Å². The fourth-order valence-corrected chi connectivity index (χ4v) is 0.980. The molecule has 13 heavy (non-hydrogen) atoms. The summed E-state index contributed by atoms with van der Waals surface area (Å²) in [5.74, 6) is 0.864. The van der Waals surface area contributed by atoms with E-state index < -0.39 is 0 Å². The zero-order valence-corrected chi connectivity index (χ0v) is 8.82. The molecule has 1 atom stereocenters. The van der Waals surface area contributed by atoms with Crippen molar-refractivity contribution < 1.29 is 4.74 Å². The fraction of sp³-hybridized carbons (Fsp3) is 0.700. The number of ether oxygens (including phenoxy) is 1. The topological polar surface area (TPSA) is 27.1 Å². The van der Waals surface area contributed by atoms with Gasteiger partial charge in [0.25, 0.3) is 0 Å². The summed E-state index contributed by atoms with van der Waals surface area (Å²) in [6, 6.07) is 0.397. The number of hydrogen-bond donors (Lipinski definition) is 0. The van der Waals surface area contributed by atoms with Crippen molar-refractivity contribution in [3.05, 3.63) is 12.4 Å². The smallest absolute Gasteiger partial charge is 0.157 e. The maximum absolute atomic E-state index is 5.61. The van der Waals surface area contributed by atoms with Crippen molar-refractivity contribution in [3.8, 4) is 5.75 Å². The van der Waals surface area contributed by atoms with Crippen LogP contribution in [-0.4, -0.2) is 15.9 Å². The molecule has 1 aromatic rings. The van der Waals surface area contributed by atoms with Gasteiger partial charge in [-0.25, -0.2) is 0 Å². The molecule has 1 rings (SSSR count). The average Bonchev–Trinajstić information content (AvgIpc) is 2.52. The quantitative estimate of drug-likeness (QED) is 0.715. The van der Waals surface area contributed by atoms with Crippen LogP contribution in [0.2, 0.25) is 0 Å². The minimum absolute atomic E-state index is 0.268. The van der Waals surface area contributed by atoms with Gasteiger partial charge in [0.15, 0.2) is 5.75 Å². The Hall–Kier alpha value is -0.990. The normalized spacial score (nSPS) is 13.3. The molecule has 3 nitrogen and oxygen atoms in total. The minimum Gasteiger partial charge on any atom is -0.487 e. The number of aromatic nitrogens is 2. The van der Waals surface area contributed by atoms with Crippen LogP contribution < -0.4 is 4.74 Å². The van der Waals surface area contributed by atoms with Gasteiger partial charge in [0.05, 0.1) is 18.5 Å². The van der Waals surface area contributed by atoms with Crippen LogP contribution in [0.4, 0.5) is 0 Å². The van der Waals surface area contributed by atoms with Crippen molar-refractivity contribution >= 4 is 0 Å². The Balaban J connectivity index is 2.58. The van der Waals surface area contributed by atoms with Crippen molar-refractivity contribution in [1.29, 1.82) is 0 Å². The molecule has 0 aliphatic carbocycles. The molecule has 0 fully saturated rings. The summed E-state index contributed by atoms with van der Waals surface area (Å²) in [6.45, 7) is 8.37. The Morgan fingerprint density at radius 3 is 2.62 bits per heavy atom. The first-order valence-corrected chi connectivity index (χ1v) is 4.84. The Morgan fingerprint density at radius 1 is 1.46 bits per heavy atom. The summed E-state index contributed by atoms with van der Waals surface area (Å²) >= 11 is 0. The highest BCUT2D eigenvalue weighted by Gasteiger charge is 2.05. The van der Waals surface area contributed by atoms with E-state index in [9.17, 15) is 0 Å². The van der Waals surface area contributed by atoms with Crippen molar-refractivity contribution in [3.63, 3.8) is 0 Å². The van der Waals surface area contributed by atoms with Gasteiger partial charge in [0.2, 0.25) is 0 Å². The van der Waals surface area contributed by atoms with E-state index >= 15 is 0 Å². The summed E-state index contributed by atoms with van der Waals surface area (Å²) in [5.41, 5.74) is 0. The van der Waals surface area contributed by atoms with Crippen LogP contribution >= 0.6 is 0 Å². The lowest BCUT2D eigenvalue weighted by Gasteiger charge is -2.09. The highest BCUT2D eigenvalue weighted by molar-refractivity contribution is 5.12. The summed E-state index contributed by atoms with van der Waals surface area (Å²) in [6.07, 6.45) is 5.00. The molecule has 0 aliphatic rings. The fourth-order valence-electron chi connectivity index (χ4n) is 0.980. The van der Waals surface area contributed by atoms with Gasteiger partial charge >= 0.3 is 0 Å². The molecule has 0 N–H and O–H groups in total. The Bertz CT molecular complexity index is 255. The van der Waals surface area contributed by atoms with Gasteiger partial charge in [-0.15, -0.1) is 0 Å². The molecule has 1 aromatic heterocycles. The molecule has 1 unspecified atom stereocenters. The second kappa shape index (κ2) is 4.30. The molecule has 74 valence electrons. The largest absolute Gasteiger partial charge is 0.487 e. The lowest BCUT2D eigenvalue weighted by atomic mass is 10.3. The SMILES string of the molecule is CCC(C)Oc1cnn(C(C)C)c1. The molecule has 0 radical (unpaired) electrons. The third-order valence-corrected chi connectivity index (χ3v) is 2.02. The molecule has 0 spiro atoms. The third kappa shape index (κ3) is 2.76. The molecule has 1 heterocycles. The van der Waals surface area contributed by atoms with Gasteiger partial charge < -0.3 is 4.74 Å². The van der Waals surface area contributed by atoms with E-state index in [2.05, 4.69) is 32.8 Å². The molecular weight excluding hydrogens is 164 g/mol. The summed E-state index contributed by atoms with van der Waals surface area (Å²) in [5, 5.41) is 4.19. The number of hydrogen-bond acceptors (Lipinski definition) is 2. The van der Waals surface area contributed by atoms with Crippen LogP contribution in [0.5, 0.6) is 5.75 Å². The predicted molar refractivity (Wildman–Crippen MR) is 53.0 cm³/mol. The van der Waals surface area contributed by atoms with E-state index in [-0.39, 0.29) is 6.10 Å². The van der Waals surface area contributed by atoms with Crippen LogP contribution in [0.3, 0.4) is 0 Å². The maximum atomic E-state index is 5.61. The van der Waals surface area contributed by atoms with E-state index in [0.717, 1.165) is 12.2 Å². The van der Waals surface area contributed by atoms with E-state index in [4.69, 9.17) is 4.74 Å². The Kier molecular flexibility index (Phi) is 3.34. The number of nitrogens with zero attached hydrogens (tertiary/aromatic N) is 2. The standard InChI is InChI=1S/C10H18N2O/c1-5-9(4)13-10-6-11-12(7-10)8(2)3/h6-9H,5H2,1-4H3. The van der Waals surface area contributed by atoms with Gasteiger partial charge in [-0.2, -0.15) is 5.10 Å². The van der Waals surface area contributed by atoms with Crippen LogP contribution in [0, 0.1) is 0 Å².